The highest BCUT2D eigenvalue weighted by Crippen LogP contribution is 2.38. The van der Waals surface area contributed by atoms with Gasteiger partial charge in [-0.3, -0.25) is 14.6 Å². The number of anilines is 1. The Balaban J connectivity index is 1.65. The summed E-state index contributed by atoms with van der Waals surface area (Å²) in [7, 11) is 0. The molecule has 0 spiro atoms. The van der Waals surface area contributed by atoms with E-state index in [1.807, 2.05) is 0 Å². The number of ketones is 2. The predicted molar refractivity (Wildman–Crippen MR) is 139 cm³/mol. The molecule has 11 heteroatoms. The van der Waals surface area contributed by atoms with Crippen molar-refractivity contribution in [3.8, 4) is 11.1 Å². The van der Waals surface area contributed by atoms with Gasteiger partial charge in [0.15, 0.2) is 5.78 Å². The van der Waals surface area contributed by atoms with Crippen LogP contribution < -0.4 is 10.2 Å². The van der Waals surface area contributed by atoms with E-state index in [4.69, 9.17) is 0 Å². The van der Waals surface area contributed by atoms with Gasteiger partial charge >= 0.3 is 12.4 Å². The molecular formula is C29H27F6N3O2. The summed E-state index contributed by atoms with van der Waals surface area (Å²) in [5.74, 6) is -0.837. The third kappa shape index (κ3) is 7.00. The number of hydrogen-bond donors (Lipinski definition) is 1. The maximum Gasteiger partial charge on any atom is 0.417 e. The Bertz CT molecular complexity index is 1370. The topological polar surface area (TPSA) is 62.3 Å². The van der Waals surface area contributed by atoms with Gasteiger partial charge in [0.1, 0.15) is 5.69 Å². The molecule has 1 atom stereocenters. The quantitative estimate of drug-likeness (QED) is 0.314. The number of pyridine rings is 1. The van der Waals surface area contributed by atoms with Crippen molar-refractivity contribution in [1.82, 2.24) is 10.3 Å². The Labute approximate surface area is 227 Å². The van der Waals surface area contributed by atoms with E-state index < -0.39 is 29.3 Å². The maximum absolute atomic E-state index is 13.7. The molecule has 1 saturated heterocycles. The van der Waals surface area contributed by atoms with Crippen molar-refractivity contribution < 1.29 is 35.9 Å². The normalized spacial score (nSPS) is 21.9. The molecule has 1 fully saturated rings. The fourth-order valence-electron chi connectivity index (χ4n) is 4.67. The van der Waals surface area contributed by atoms with Crippen molar-refractivity contribution in [2.75, 3.05) is 24.5 Å². The third-order valence-corrected chi connectivity index (χ3v) is 6.66. The molecule has 1 aromatic heterocycles. The Hall–Kier alpha value is -3.89. The summed E-state index contributed by atoms with van der Waals surface area (Å²) in [6.45, 7) is 1.81. The number of rotatable bonds is 6. The van der Waals surface area contributed by atoms with E-state index in [0.717, 1.165) is 18.2 Å². The van der Waals surface area contributed by atoms with E-state index in [0.29, 0.717) is 25.1 Å². The van der Waals surface area contributed by atoms with Gasteiger partial charge in [0.05, 0.1) is 29.9 Å². The molecule has 40 heavy (non-hydrogen) atoms. The maximum atomic E-state index is 13.7. The number of carbonyl (C=O) groups excluding carboxylic acids is 2. The van der Waals surface area contributed by atoms with Gasteiger partial charge in [0.2, 0.25) is 5.78 Å². The molecule has 2 aliphatic rings. The van der Waals surface area contributed by atoms with E-state index in [1.165, 1.54) is 36.5 Å². The summed E-state index contributed by atoms with van der Waals surface area (Å²) in [6.07, 6.45) is -1.90. The summed E-state index contributed by atoms with van der Waals surface area (Å²) in [4.78, 5) is 31.3. The average Bonchev–Trinajstić information content (AvgIpc) is 2.88. The molecule has 2 heterocycles. The number of aromatic nitrogens is 1. The molecule has 1 unspecified atom stereocenters. The molecule has 0 amide bonds. The van der Waals surface area contributed by atoms with Crippen molar-refractivity contribution in [3.63, 3.8) is 0 Å². The smallest absolute Gasteiger partial charge is 0.378 e. The predicted octanol–water partition coefficient (Wildman–Crippen LogP) is 6.68. The van der Waals surface area contributed by atoms with Crippen LogP contribution in [0.15, 0.2) is 72.1 Å². The molecule has 1 aliphatic carbocycles. The van der Waals surface area contributed by atoms with E-state index in [9.17, 15) is 35.9 Å². The van der Waals surface area contributed by atoms with Gasteiger partial charge in [0.25, 0.3) is 0 Å². The number of nitrogens with one attached hydrogen (secondary N) is 1. The minimum Gasteiger partial charge on any atom is -0.378 e. The molecule has 2 aromatic rings. The minimum atomic E-state index is -4.62. The van der Waals surface area contributed by atoms with Crippen molar-refractivity contribution in [1.29, 1.82) is 0 Å². The first-order chi connectivity index (χ1) is 18.8. The lowest BCUT2D eigenvalue weighted by Gasteiger charge is -2.29. The summed E-state index contributed by atoms with van der Waals surface area (Å²) in [6, 6.07) is 6.45. The molecule has 5 nitrogen and oxygen atoms in total. The Morgan fingerprint density at radius 1 is 1.10 bits per heavy atom. The highest BCUT2D eigenvalue weighted by Gasteiger charge is 2.34. The standard InChI is InChI=1S/C29H27F6N3O2/c1-18-8-9-20(28(30,31)32)10-11-21(13-18)36-16-26(40)27-25(38-12-4-5-22(39)17-38)14-19(15-37-27)23-6-2-3-7-24(23)29(33,34)35/h2-3,6-7,9-11,13-15,18,36H,4-5,8,12,16-17H2,1H3/b11-10-,20-9-,21-13+. The second-order valence-corrected chi connectivity index (χ2v) is 9.80. The van der Waals surface area contributed by atoms with Crippen molar-refractivity contribution >= 4 is 17.3 Å². The zero-order valence-corrected chi connectivity index (χ0v) is 21.6. The van der Waals surface area contributed by atoms with Gasteiger partial charge in [-0.1, -0.05) is 37.3 Å². The molecule has 4 rings (SSSR count). The van der Waals surface area contributed by atoms with Crippen LogP contribution in [0.3, 0.4) is 0 Å². The molecule has 1 N–H and O–H groups in total. The van der Waals surface area contributed by atoms with Crippen molar-refractivity contribution in [2.24, 2.45) is 5.92 Å². The number of halogens is 6. The van der Waals surface area contributed by atoms with Gasteiger partial charge in [-0.2, -0.15) is 26.3 Å². The number of benzene rings is 1. The van der Waals surface area contributed by atoms with E-state index >= 15 is 0 Å². The first kappa shape index (κ1) is 29.1. The number of carbonyl (C=O) groups is 2. The Morgan fingerprint density at radius 3 is 2.55 bits per heavy atom. The minimum absolute atomic E-state index is 0.0162. The van der Waals surface area contributed by atoms with Gasteiger partial charge in [-0.05, 0) is 48.6 Å². The van der Waals surface area contributed by atoms with Gasteiger partial charge in [-0.15, -0.1) is 0 Å². The summed E-state index contributed by atoms with van der Waals surface area (Å²) in [5.41, 5.74) is -1.12. The molecule has 0 bridgehead atoms. The fraction of sp³-hybridized carbons (Fsp3) is 0.345. The van der Waals surface area contributed by atoms with Crippen LogP contribution in [-0.4, -0.2) is 42.4 Å². The number of allylic oxidation sites excluding steroid dienone is 5. The first-order valence-corrected chi connectivity index (χ1v) is 12.7. The lowest BCUT2D eigenvalue weighted by Crippen LogP contribution is -2.37. The second-order valence-electron chi connectivity index (χ2n) is 9.80. The average molecular weight is 564 g/mol. The van der Waals surface area contributed by atoms with Crippen LogP contribution in [0, 0.1) is 5.92 Å². The van der Waals surface area contributed by atoms with Gasteiger partial charge < -0.3 is 10.2 Å². The largest absolute Gasteiger partial charge is 0.417 e. The van der Waals surface area contributed by atoms with Crippen LogP contribution in [0.5, 0.6) is 0 Å². The lowest BCUT2D eigenvalue weighted by molar-refractivity contribution is -0.137. The summed E-state index contributed by atoms with van der Waals surface area (Å²) in [5, 5.41) is 2.86. The highest BCUT2D eigenvalue weighted by atomic mass is 19.4. The van der Waals surface area contributed by atoms with E-state index in [1.54, 1.807) is 17.9 Å². The zero-order chi connectivity index (χ0) is 29.1. The van der Waals surface area contributed by atoms with Crippen LogP contribution in [0.2, 0.25) is 0 Å². The van der Waals surface area contributed by atoms with Crippen LogP contribution in [0.25, 0.3) is 11.1 Å². The molecule has 1 aromatic carbocycles. The fourth-order valence-corrected chi connectivity index (χ4v) is 4.67. The summed E-state index contributed by atoms with van der Waals surface area (Å²) >= 11 is 0. The van der Waals surface area contributed by atoms with E-state index in [2.05, 4.69) is 10.3 Å². The SMILES string of the molecule is CC1\C=C(NCC(=O)c2ncc(-c3ccccc3C(F)(F)F)cc2N2CCCC(=O)C2)/C=C\C(C(F)(F)F)=C\C1. The molecule has 0 saturated carbocycles. The summed E-state index contributed by atoms with van der Waals surface area (Å²) < 4.78 is 80.7. The van der Waals surface area contributed by atoms with E-state index in [-0.39, 0.29) is 53.7 Å². The molecular weight excluding hydrogens is 536 g/mol. The van der Waals surface area contributed by atoms with Gasteiger partial charge in [0, 0.05) is 30.4 Å². The monoisotopic (exact) mass is 563 g/mol. The van der Waals surface area contributed by atoms with Crippen LogP contribution in [-0.2, 0) is 11.0 Å². The van der Waals surface area contributed by atoms with Crippen LogP contribution >= 0.6 is 0 Å². The Morgan fingerprint density at radius 2 is 1.85 bits per heavy atom. The molecule has 212 valence electrons. The first-order valence-electron chi connectivity index (χ1n) is 12.7. The van der Waals surface area contributed by atoms with Gasteiger partial charge in [-0.25, -0.2) is 0 Å². The molecule has 1 aliphatic heterocycles. The van der Waals surface area contributed by atoms with Crippen molar-refractivity contribution in [3.05, 3.63) is 83.4 Å². The lowest BCUT2D eigenvalue weighted by atomic mass is 9.98. The van der Waals surface area contributed by atoms with Crippen LogP contribution in [0.4, 0.5) is 32.0 Å². The third-order valence-electron chi connectivity index (χ3n) is 6.66. The second kappa shape index (κ2) is 11.7. The zero-order valence-electron chi connectivity index (χ0n) is 21.6. The molecule has 0 radical (unpaired) electrons. The number of alkyl halides is 6. The number of hydrogen-bond acceptors (Lipinski definition) is 5. The number of Topliss-reactive ketones (excluding diaryl/α,β-unsaturated/α-hetero) is 2. The number of nitrogens with zero attached hydrogens (tertiary/aromatic N) is 2. The number of piperidine rings is 1. The van der Waals surface area contributed by atoms with Crippen LogP contribution in [0.1, 0.15) is 42.2 Å². The van der Waals surface area contributed by atoms with Crippen molar-refractivity contribution in [2.45, 2.75) is 38.5 Å². The Kier molecular flexibility index (Phi) is 8.51. The highest BCUT2D eigenvalue weighted by molar-refractivity contribution is 6.02.